The molecule has 1 aliphatic heterocycles. The predicted octanol–water partition coefficient (Wildman–Crippen LogP) is 3.98. The Morgan fingerprint density at radius 1 is 1.29 bits per heavy atom. The van der Waals surface area contributed by atoms with Gasteiger partial charge >= 0.3 is 0 Å². The van der Waals surface area contributed by atoms with Crippen LogP contribution in [0.15, 0.2) is 18.2 Å². The molecule has 0 bridgehead atoms. The van der Waals surface area contributed by atoms with Crippen LogP contribution in [-0.4, -0.2) is 25.2 Å². The van der Waals surface area contributed by atoms with Crippen molar-refractivity contribution < 1.29 is 4.39 Å². The SMILES string of the molecule is Cc1c(F)cccc1N1CC(CC(C)C)NCC1C(C)C. The van der Waals surface area contributed by atoms with E-state index in [-0.39, 0.29) is 5.82 Å². The van der Waals surface area contributed by atoms with Gasteiger partial charge in [0.2, 0.25) is 0 Å². The Labute approximate surface area is 128 Å². The molecule has 1 fully saturated rings. The molecule has 1 aliphatic rings. The molecule has 0 spiro atoms. The molecule has 0 aromatic heterocycles. The van der Waals surface area contributed by atoms with Gasteiger partial charge in [0.05, 0.1) is 0 Å². The van der Waals surface area contributed by atoms with E-state index in [4.69, 9.17) is 0 Å². The molecule has 1 saturated heterocycles. The number of anilines is 1. The maximum atomic E-state index is 13.9. The summed E-state index contributed by atoms with van der Waals surface area (Å²) >= 11 is 0. The fourth-order valence-corrected chi connectivity index (χ4v) is 3.34. The molecule has 118 valence electrons. The van der Waals surface area contributed by atoms with Gasteiger partial charge in [0.15, 0.2) is 0 Å². The van der Waals surface area contributed by atoms with Crippen molar-refractivity contribution in [1.29, 1.82) is 0 Å². The maximum absolute atomic E-state index is 13.9. The van der Waals surface area contributed by atoms with Crippen LogP contribution in [0.5, 0.6) is 0 Å². The first-order valence-electron chi connectivity index (χ1n) is 8.15. The van der Waals surface area contributed by atoms with E-state index in [0.29, 0.717) is 23.9 Å². The average Bonchev–Trinajstić information content (AvgIpc) is 2.41. The molecule has 0 amide bonds. The lowest BCUT2D eigenvalue weighted by Crippen LogP contribution is -2.59. The molecule has 1 aromatic carbocycles. The number of rotatable bonds is 4. The molecule has 1 N–H and O–H groups in total. The molecule has 1 heterocycles. The van der Waals surface area contributed by atoms with Gasteiger partial charge in [-0.05, 0) is 37.3 Å². The molecular weight excluding hydrogens is 263 g/mol. The zero-order chi connectivity index (χ0) is 15.6. The summed E-state index contributed by atoms with van der Waals surface area (Å²) in [5.41, 5.74) is 1.83. The van der Waals surface area contributed by atoms with Crippen molar-refractivity contribution in [2.24, 2.45) is 11.8 Å². The number of piperazine rings is 1. The summed E-state index contributed by atoms with van der Waals surface area (Å²) in [5.74, 6) is 1.11. The monoisotopic (exact) mass is 292 g/mol. The molecule has 1 aromatic rings. The number of hydrogen-bond acceptors (Lipinski definition) is 2. The largest absolute Gasteiger partial charge is 0.365 e. The van der Waals surface area contributed by atoms with Gasteiger partial charge in [0.1, 0.15) is 5.82 Å². The number of nitrogens with zero attached hydrogens (tertiary/aromatic N) is 1. The van der Waals surface area contributed by atoms with Crippen molar-refractivity contribution in [2.75, 3.05) is 18.0 Å². The van der Waals surface area contributed by atoms with E-state index in [2.05, 4.69) is 44.0 Å². The second-order valence-electron chi connectivity index (χ2n) is 7.08. The van der Waals surface area contributed by atoms with Crippen LogP contribution in [-0.2, 0) is 0 Å². The van der Waals surface area contributed by atoms with Crippen molar-refractivity contribution in [3.05, 3.63) is 29.6 Å². The third-order valence-electron chi connectivity index (χ3n) is 4.51. The third kappa shape index (κ3) is 3.76. The topological polar surface area (TPSA) is 15.3 Å². The van der Waals surface area contributed by atoms with E-state index in [1.54, 1.807) is 6.07 Å². The van der Waals surface area contributed by atoms with E-state index in [0.717, 1.165) is 30.8 Å². The zero-order valence-electron chi connectivity index (χ0n) is 14.0. The van der Waals surface area contributed by atoms with Crippen molar-refractivity contribution >= 4 is 5.69 Å². The van der Waals surface area contributed by atoms with Crippen LogP contribution >= 0.6 is 0 Å². The maximum Gasteiger partial charge on any atom is 0.128 e. The Bertz CT molecular complexity index is 470. The molecule has 0 radical (unpaired) electrons. The fourth-order valence-electron chi connectivity index (χ4n) is 3.34. The molecule has 0 aliphatic carbocycles. The molecular formula is C18H29FN2. The Balaban J connectivity index is 2.27. The van der Waals surface area contributed by atoms with Crippen LogP contribution in [0.1, 0.15) is 39.7 Å². The van der Waals surface area contributed by atoms with Crippen LogP contribution in [0.25, 0.3) is 0 Å². The summed E-state index contributed by atoms with van der Waals surface area (Å²) in [4.78, 5) is 2.42. The van der Waals surface area contributed by atoms with Crippen LogP contribution < -0.4 is 10.2 Å². The van der Waals surface area contributed by atoms with E-state index in [1.807, 2.05) is 13.0 Å². The van der Waals surface area contributed by atoms with Crippen molar-refractivity contribution in [3.63, 3.8) is 0 Å². The number of benzene rings is 1. The summed E-state index contributed by atoms with van der Waals surface area (Å²) in [6.45, 7) is 12.8. The summed E-state index contributed by atoms with van der Waals surface area (Å²) < 4.78 is 13.9. The van der Waals surface area contributed by atoms with Gasteiger partial charge in [-0.2, -0.15) is 0 Å². The predicted molar refractivity (Wildman–Crippen MR) is 88.4 cm³/mol. The van der Waals surface area contributed by atoms with Gasteiger partial charge in [-0.15, -0.1) is 0 Å². The van der Waals surface area contributed by atoms with E-state index >= 15 is 0 Å². The van der Waals surface area contributed by atoms with Gasteiger partial charge < -0.3 is 10.2 Å². The number of hydrogen-bond donors (Lipinski definition) is 1. The highest BCUT2D eigenvalue weighted by Crippen LogP contribution is 2.29. The highest BCUT2D eigenvalue weighted by atomic mass is 19.1. The zero-order valence-corrected chi connectivity index (χ0v) is 14.0. The fraction of sp³-hybridized carbons (Fsp3) is 0.667. The van der Waals surface area contributed by atoms with E-state index in [1.165, 1.54) is 0 Å². The Hall–Kier alpha value is -1.09. The molecule has 2 rings (SSSR count). The van der Waals surface area contributed by atoms with Gasteiger partial charge in [-0.1, -0.05) is 33.8 Å². The summed E-state index contributed by atoms with van der Waals surface area (Å²) in [6, 6.07) is 6.36. The van der Waals surface area contributed by atoms with Gasteiger partial charge in [-0.3, -0.25) is 0 Å². The summed E-state index contributed by atoms with van der Waals surface area (Å²) in [5, 5.41) is 3.68. The minimum atomic E-state index is -0.103. The Morgan fingerprint density at radius 3 is 2.62 bits per heavy atom. The average molecular weight is 292 g/mol. The first kappa shape index (κ1) is 16.3. The molecule has 2 nitrogen and oxygen atoms in total. The first-order valence-corrected chi connectivity index (χ1v) is 8.15. The molecule has 2 unspecified atom stereocenters. The smallest absolute Gasteiger partial charge is 0.128 e. The van der Waals surface area contributed by atoms with Crippen LogP contribution in [0.3, 0.4) is 0 Å². The minimum Gasteiger partial charge on any atom is -0.365 e. The second-order valence-corrected chi connectivity index (χ2v) is 7.08. The molecule has 3 heteroatoms. The highest BCUT2D eigenvalue weighted by Gasteiger charge is 2.31. The van der Waals surface area contributed by atoms with Crippen molar-refractivity contribution in [2.45, 2.75) is 53.1 Å². The molecule has 2 atom stereocenters. The summed E-state index contributed by atoms with van der Waals surface area (Å²) in [6.07, 6.45) is 1.16. The van der Waals surface area contributed by atoms with E-state index in [9.17, 15) is 4.39 Å². The second kappa shape index (κ2) is 6.78. The van der Waals surface area contributed by atoms with Crippen LogP contribution in [0.4, 0.5) is 10.1 Å². The Kier molecular flexibility index (Phi) is 5.26. The quantitative estimate of drug-likeness (QED) is 0.903. The third-order valence-corrected chi connectivity index (χ3v) is 4.51. The highest BCUT2D eigenvalue weighted by molar-refractivity contribution is 5.55. The van der Waals surface area contributed by atoms with Gasteiger partial charge in [-0.25, -0.2) is 4.39 Å². The normalized spacial score (nSPS) is 23.1. The number of nitrogens with one attached hydrogen (secondary N) is 1. The summed E-state index contributed by atoms with van der Waals surface area (Å²) in [7, 11) is 0. The molecule has 21 heavy (non-hydrogen) atoms. The minimum absolute atomic E-state index is 0.103. The van der Waals surface area contributed by atoms with Crippen LogP contribution in [0, 0.1) is 24.6 Å². The number of halogens is 1. The van der Waals surface area contributed by atoms with Gasteiger partial charge in [0, 0.05) is 36.4 Å². The Morgan fingerprint density at radius 2 is 2.00 bits per heavy atom. The lowest BCUT2D eigenvalue weighted by Gasteiger charge is -2.45. The lowest BCUT2D eigenvalue weighted by atomic mass is 9.93. The first-order chi connectivity index (χ1) is 9.90. The standard InChI is InChI=1S/C18H29FN2/c1-12(2)9-15-11-21(18(10-20-15)13(3)4)17-8-6-7-16(19)14(17)5/h6-8,12-13,15,18,20H,9-11H2,1-5H3. The molecule has 0 saturated carbocycles. The van der Waals surface area contributed by atoms with E-state index < -0.39 is 0 Å². The lowest BCUT2D eigenvalue weighted by molar-refractivity contribution is 0.310. The van der Waals surface area contributed by atoms with Crippen LogP contribution in [0.2, 0.25) is 0 Å². The van der Waals surface area contributed by atoms with Crippen molar-refractivity contribution in [1.82, 2.24) is 5.32 Å². The van der Waals surface area contributed by atoms with Gasteiger partial charge in [0.25, 0.3) is 0 Å². The van der Waals surface area contributed by atoms with Crippen molar-refractivity contribution in [3.8, 4) is 0 Å².